The number of ether oxygens (including phenoxy) is 2. The van der Waals surface area contributed by atoms with Crippen LogP contribution < -0.4 is 4.74 Å². The van der Waals surface area contributed by atoms with E-state index in [1.54, 1.807) is 17.0 Å². The molecule has 1 heterocycles. The number of nitriles is 1. The third-order valence-corrected chi connectivity index (χ3v) is 3.67. The van der Waals surface area contributed by atoms with Crippen molar-refractivity contribution < 1.29 is 14.3 Å². The van der Waals surface area contributed by atoms with Gasteiger partial charge in [0.15, 0.2) is 6.23 Å². The van der Waals surface area contributed by atoms with Gasteiger partial charge in [-0.15, -0.1) is 0 Å². The van der Waals surface area contributed by atoms with Crippen LogP contribution >= 0.6 is 0 Å². The van der Waals surface area contributed by atoms with E-state index in [0.29, 0.717) is 17.9 Å². The van der Waals surface area contributed by atoms with E-state index in [0.717, 1.165) is 24.8 Å². The summed E-state index contributed by atoms with van der Waals surface area (Å²) in [5.74, 6) is 0.668. The molecular weight excluding hydrogens is 292 g/mol. The lowest BCUT2D eigenvalue weighted by Crippen LogP contribution is -2.48. The molecule has 0 spiro atoms. The summed E-state index contributed by atoms with van der Waals surface area (Å²) in [4.78, 5) is 14.0. The number of carbonyl (C=O) groups is 1. The van der Waals surface area contributed by atoms with E-state index in [9.17, 15) is 4.79 Å². The van der Waals surface area contributed by atoms with Gasteiger partial charge in [-0.05, 0) is 64.3 Å². The normalized spacial score (nSPS) is 18.2. The van der Waals surface area contributed by atoms with Gasteiger partial charge in [-0.2, -0.15) is 5.26 Å². The largest absolute Gasteiger partial charge is 0.470 e. The summed E-state index contributed by atoms with van der Waals surface area (Å²) in [5.41, 5.74) is 0.971. The van der Waals surface area contributed by atoms with Gasteiger partial charge >= 0.3 is 6.09 Å². The molecule has 5 heteroatoms. The third-order valence-electron chi connectivity index (χ3n) is 3.67. The fourth-order valence-corrected chi connectivity index (χ4v) is 2.54. The minimum atomic E-state index is -0.524. The number of aryl methyl sites for hydroxylation is 1. The van der Waals surface area contributed by atoms with Gasteiger partial charge in [0, 0.05) is 13.0 Å². The zero-order valence-corrected chi connectivity index (χ0v) is 14.3. The predicted octanol–water partition coefficient (Wildman–Crippen LogP) is 3.99. The van der Waals surface area contributed by atoms with Crippen LogP contribution in [0, 0.1) is 18.3 Å². The zero-order valence-electron chi connectivity index (χ0n) is 14.3. The maximum absolute atomic E-state index is 12.4. The number of likely N-dealkylation sites (tertiary alicyclic amines) is 1. The molecule has 1 atom stereocenters. The molecule has 2 rings (SSSR count). The predicted molar refractivity (Wildman–Crippen MR) is 87.1 cm³/mol. The van der Waals surface area contributed by atoms with Crippen LogP contribution in [0.5, 0.6) is 5.75 Å². The van der Waals surface area contributed by atoms with Crippen LogP contribution in [-0.4, -0.2) is 29.4 Å². The lowest BCUT2D eigenvalue weighted by Gasteiger charge is -2.36. The smallest absolute Gasteiger partial charge is 0.413 e. The highest BCUT2D eigenvalue weighted by molar-refractivity contribution is 5.68. The number of hydrogen-bond donors (Lipinski definition) is 0. The van der Waals surface area contributed by atoms with Crippen molar-refractivity contribution in [2.45, 2.75) is 58.8 Å². The van der Waals surface area contributed by atoms with Gasteiger partial charge < -0.3 is 9.47 Å². The average Bonchev–Trinajstić information content (AvgIpc) is 2.46. The van der Waals surface area contributed by atoms with Crippen molar-refractivity contribution >= 4 is 6.09 Å². The third kappa shape index (κ3) is 4.62. The Kier molecular flexibility index (Phi) is 5.15. The molecule has 1 aliphatic heterocycles. The monoisotopic (exact) mass is 316 g/mol. The molecule has 0 N–H and O–H groups in total. The number of carbonyl (C=O) groups excluding carboxylic acids is 1. The Hall–Kier alpha value is -2.22. The fourth-order valence-electron chi connectivity index (χ4n) is 2.54. The Morgan fingerprint density at radius 2 is 2.09 bits per heavy atom. The Morgan fingerprint density at radius 3 is 2.70 bits per heavy atom. The SMILES string of the molecule is Cc1cc(OC2CCCCN2C(=O)OC(C)(C)C)ccc1C#N. The summed E-state index contributed by atoms with van der Waals surface area (Å²) in [7, 11) is 0. The number of nitrogens with zero attached hydrogens (tertiary/aromatic N) is 2. The number of amides is 1. The van der Waals surface area contributed by atoms with Crippen molar-refractivity contribution in [3.05, 3.63) is 29.3 Å². The van der Waals surface area contributed by atoms with Gasteiger partial charge in [-0.3, -0.25) is 4.90 Å². The lowest BCUT2D eigenvalue weighted by atomic mass is 10.1. The highest BCUT2D eigenvalue weighted by Crippen LogP contribution is 2.25. The number of rotatable bonds is 2. The number of piperidine rings is 1. The molecule has 23 heavy (non-hydrogen) atoms. The van der Waals surface area contributed by atoms with Crippen LogP contribution in [0.4, 0.5) is 4.79 Å². The number of benzene rings is 1. The van der Waals surface area contributed by atoms with E-state index in [2.05, 4.69) is 6.07 Å². The van der Waals surface area contributed by atoms with Crippen molar-refractivity contribution in [3.8, 4) is 11.8 Å². The Bertz CT molecular complexity index is 614. The summed E-state index contributed by atoms with van der Waals surface area (Å²) in [6, 6.07) is 7.49. The average molecular weight is 316 g/mol. The van der Waals surface area contributed by atoms with Crippen molar-refractivity contribution in [2.24, 2.45) is 0 Å². The summed E-state index contributed by atoms with van der Waals surface area (Å²) < 4.78 is 11.5. The van der Waals surface area contributed by atoms with Gasteiger partial charge in [-0.1, -0.05) is 0 Å². The first-order chi connectivity index (χ1) is 10.8. The first-order valence-corrected chi connectivity index (χ1v) is 7.97. The summed E-state index contributed by atoms with van der Waals surface area (Å²) in [6.07, 6.45) is 2.07. The molecule has 0 saturated carbocycles. The second-order valence-corrected chi connectivity index (χ2v) is 6.83. The standard InChI is InChI=1S/C18H24N2O3/c1-13-11-15(9-8-14(13)12-19)22-16-7-5-6-10-20(16)17(21)23-18(2,3)4/h8-9,11,16H,5-7,10H2,1-4H3. The molecule has 1 unspecified atom stereocenters. The quantitative estimate of drug-likeness (QED) is 0.827. The van der Waals surface area contributed by atoms with Crippen molar-refractivity contribution in [1.29, 1.82) is 5.26 Å². The maximum atomic E-state index is 12.4. The Morgan fingerprint density at radius 1 is 1.35 bits per heavy atom. The van der Waals surface area contributed by atoms with Crippen molar-refractivity contribution in [2.75, 3.05) is 6.54 Å². The first kappa shape index (κ1) is 17.1. The molecule has 1 fully saturated rings. The van der Waals surface area contributed by atoms with Crippen molar-refractivity contribution in [1.82, 2.24) is 4.90 Å². The first-order valence-electron chi connectivity index (χ1n) is 7.97. The second kappa shape index (κ2) is 6.91. The molecule has 5 nitrogen and oxygen atoms in total. The summed E-state index contributed by atoms with van der Waals surface area (Å²) in [6.45, 7) is 8.07. The molecule has 0 radical (unpaired) electrons. The van der Waals surface area contributed by atoms with Crippen LogP contribution in [0.3, 0.4) is 0 Å². The molecule has 0 aromatic heterocycles. The summed E-state index contributed by atoms with van der Waals surface area (Å²) in [5, 5.41) is 8.99. The minimum Gasteiger partial charge on any atom is -0.470 e. The Balaban J connectivity index is 2.11. The van der Waals surface area contributed by atoms with Gasteiger partial charge in [0.1, 0.15) is 11.4 Å². The van der Waals surface area contributed by atoms with E-state index >= 15 is 0 Å². The van der Waals surface area contributed by atoms with Crippen LogP contribution in [0.1, 0.15) is 51.2 Å². The molecule has 1 aromatic rings. The molecular formula is C18H24N2O3. The minimum absolute atomic E-state index is 0.328. The van der Waals surface area contributed by atoms with Gasteiger partial charge in [0.05, 0.1) is 11.6 Å². The van der Waals surface area contributed by atoms with E-state index in [1.807, 2.05) is 33.8 Å². The summed E-state index contributed by atoms with van der Waals surface area (Å²) >= 11 is 0. The highest BCUT2D eigenvalue weighted by Gasteiger charge is 2.31. The molecule has 124 valence electrons. The van der Waals surface area contributed by atoms with E-state index in [1.165, 1.54) is 0 Å². The molecule has 1 saturated heterocycles. The van der Waals surface area contributed by atoms with Crippen LogP contribution in [0.2, 0.25) is 0 Å². The van der Waals surface area contributed by atoms with Crippen LogP contribution in [0.15, 0.2) is 18.2 Å². The Labute approximate surface area is 137 Å². The maximum Gasteiger partial charge on any atom is 0.413 e. The second-order valence-electron chi connectivity index (χ2n) is 6.83. The molecule has 1 aliphatic rings. The molecule has 1 aromatic carbocycles. The molecule has 1 amide bonds. The highest BCUT2D eigenvalue weighted by atomic mass is 16.6. The van der Waals surface area contributed by atoms with Gasteiger partial charge in [-0.25, -0.2) is 4.79 Å². The van der Waals surface area contributed by atoms with E-state index < -0.39 is 5.60 Å². The van der Waals surface area contributed by atoms with Crippen molar-refractivity contribution in [3.63, 3.8) is 0 Å². The number of hydrogen-bond acceptors (Lipinski definition) is 4. The van der Waals surface area contributed by atoms with E-state index in [4.69, 9.17) is 14.7 Å². The van der Waals surface area contributed by atoms with Gasteiger partial charge in [0.2, 0.25) is 0 Å². The molecule has 0 aliphatic carbocycles. The fraction of sp³-hybridized carbons (Fsp3) is 0.556. The zero-order chi connectivity index (χ0) is 17.0. The molecule has 0 bridgehead atoms. The topological polar surface area (TPSA) is 62.6 Å². The van der Waals surface area contributed by atoms with Gasteiger partial charge in [0.25, 0.3) is 0 Å². The lowest BCUT2D eigenvalue weighted by molar-refractivity contribution is -0.0342. The van der Waals surface area contributed by atoms with E-state index in [-0.39, 0.29) is 12.3 Å². The van der Waals surface area contributed by atoms with Crippen LogP contribution in [-0.2, 0) is 4.74 Å². The van der Waals surface area contributed by atoms with Crippen LogP contribution in [0.25, 0.3) is 0 Å².